The Hall–Kier alpha value is -2.02. The van der Waals surface area contributed by atoms with Crippen LogP contribution in [0.4, 0.5) is 5.13 Å². The number of thiazole rings is 1. The minimum absolute atomic E-state index is 0.155. The molecule has 0 aliphatic heterocycles. The van der Waals surface area contributed by atoms with Gasteiger partial charge in [0.05, 0.1) is 10.0 Å². The summed E-state index contributed by atoms with van der Waals surface area (Å²) in [5, 5.41) is 5.22. The summed E-state index contributed by atoms with van der Waals surface area (Å²) in [6.45, 7) is 0. The van der Waals surface area contributed by atoms with E-state index < -0.39 is 5.91 Å². The highest BCUT2D eigenvalue weighted by Crippen LogP contribution is 2.31. The Kier molecular flexibility index (Phi) is 6.37. The molecule has 4 nitrogen and oxygen atoms in total. The molecule has 4 aromatic rings. The molecule has 0 saturated heterocycles. The molecule has 0 radical (unpaired) electrons. The molecule has 2 aromatic carbocycles. The summed E-state index contributed by atoms with van der Waals surface area (Å²) in [4.78, 5) is 17.7. The Labute approximate surface area is 196 Å². The van der Waals surface area contributed by atoms with Crippen LogP contribution >= 0.6 is 57.7 Å². The lowest BCUT2D eigenvalue weighted by molar-refractivity contribution is 0.0997. The zero-order valence-electron chi connectivity index (χ0n) is 15.1. The fourth-order valence-electron chi connectivity index (χ4n) is 2.75. The van der Waals surface area contributed by atoms with E-state index in [1.165, 1.54) is 11.3 Å². The molecule has 30 heavy (non-hydrogen) atoms. The lowest BCUT2D eigenvalue weighted by Crippen LogP contribution is -2.10. The lowest BCUT2D eigenvalue weighted by Gasteiger charge is -2.04. The molecule has 2 heterocycles. The SMILES string of the molecule is O=C(Nc1ncc(Cc2c(Cl)cccc2Cl)s1)c1ccc(-c2ccc(Cl)c(Cl)c2)o1. The topological polar surface area (TPSA) is 55.1 Å². The number of halogens is 4. The zero-order valence-corrected chi connectivity index (χ0v) is 18.9. The van der Waals surface area contributed by atoms with E-state index in [4.69, 9.17) is 50.8 Å². The van der Waals surface area contributed by atoms with Crippen LogP contribution in [0.5, 0.6) is 0 Å². The first kappa shape index (κ1) is 21.2. The fraction of sp³-hybridized carbons (Fsp3) is 0.0476. The second-order valence-corrected chi connectivity index (χ2v) is 9.00. The van der Waals surface area contributed by atoms with Gasteiger partial charge < -0.3 is 4.42 Å². The Morgan fingerprint density at radius 2 is 1.73 bits per heavy atom. The van der Waals surface area contributed by atoms with E-state index in [0.29, 0.717) is 37.4 Å². The van der Waals surface area contributed by atoms with Crippen LogP contribution < -0.4 is 5.32 Å². The van der Waals surface area contributed by atoms with Crippen LogP contribution in [0, 0.1) is 0 Å². The number of nitrogens with zero attached hydrogens (tertiary/aromatic N) is 1. The summed E-state index contributed by atoms with van der Waals surface area (Å²) < 4.78 is 5.66. The normalized spacial score (nSPS) is 10.9. The van der Waals surface area contributed by atoms with Crippen LogP contribution in [0.25, 0.3) is 11.3 Å². The Morgan fingerprint density at radius 3 is 2.47 bits per heavy atom. The van der Waals surface area contributed by atoms with Gasteiger partial charge in [-0.25, -0.2) is 4.98 Å². The molecule has 4 rings (SSSR count). The number of amides is 1. The molecule has 152 valence electrons. The number of aromatic nitrogens is 1. The van der Waals surface area contributed by atoms with Gasteiger partial charge in [-0.1, -0.05) is 52.5 Å². The first-order valence-corrected chi connectivity index (χ1v) is 11.0. The minimum atomic E-state index is -0.405. The van der Waals surface area contributed by atoms with Gasteiger partial charge >= 0.3 is 0 Å². The number of hydrogen-bond donors (Lipinski definition) is 1. The van der Waals surface area contributed by atoms with E-state index in [1.54, 1.807) is 54.7 Å². The average Bonchev–Trinajstić information content (AvgIpc) is 3.37. The van der Waals surface area contributed by atoms with Crippen molar-refractivity contribution in [3.05, 3.63) is 91.0 Å². The largest absolute Gasteiger partial charge is 0.451 e. The van der Waals surface area contributed by atoms with Crippen molar-refractivity contribution >= 4 is 68.8 Å². The molecule has 0 spiro atoms. The maximum atomic E-state index is 12.5. The smallest absolute Gasteiger partial charge is 0.293 e. The van der Waals surface area contributed by atoms with Gasteiger partial charge in [0.2, 0.25) is 0 Å². The van der Waals surface area contributed by atoms with E-state index >= 15 is 0 Å². The Morgan fingerprint density at radius 1 is 0.967 bits per heavy atom. The molecule has 0 fully saturated rings. The number of furan rings is 1. The third-order valence-electron chi connectivity index (χ3n) is 4.22. The van der Waals surface area contributed by atoms with Crippen molar-refractivity contribution in [3.63, 3.8) is 0 Å². The summed E-state index contributed by atoms with van der Waals surface area (Å²) in [5.74, 6) is 0.256. The van der Waals surface area contributed by atoms with Gasteiger partial charge in [0.25, 0.3) is 5.91 Å². The summed E-state index contributed by atoms with van der Waals surface area (Å²) in [6.07, 6.45) is 2.21. The van der Waals surface area contributed by atoms with Crippen LogP contribution in [0.3, 0.4) is 0 Å². The molecule has 2 aromatic heterocycles. The first-order chi connectivity index (χ1) is 14.4. The summed E-state index contributed by atoms with van der Waals surface area (Å²) in [7, 11) is 0. The number of hydrogen-bond acceptors (Lipinski definition) is 4. The number of carbonyl (C=O) groups is 1. The fourth-order valence-corrected chi connectivity index (χ4v) is 4.39. The summed E-state index contributed by atoms with van der Waals surface area (Å²) >= 11 is 25.8. The average molecular weight is 498 g/mol. The predicted octanol–water partition coefficient (Wildman–Crippen LogP) is 7.86. The van der Waals surface area contributed by atoms with Gasteiger partial charge in [0, 0.05) is 33.1 Å². The van der Waals surface area contributed by atoms with E-state index in [1.807, 2.05) is 0 Å². The molecular weight excluding hydrogens is 486 g/mol. The third kappa shape index (κ3) is 4.66. The van der Waals surface area contributed by atoms with Crippen molar-refractivity contribution < 1.29 is 9.21 Å². The van der Waals surface area contributed by atoms with Gasteiger partial charge in [-0.15, -0.1) is 11.3 Å². The van der Waals surface area contributed by atoms with Gasteiger partial charge in [-0.05, 0) is 48.0 Å². The zero-order chi connectivity index (χ0) is 21.3. The van der Waals surface area contributed by atoms with Crippen molar-refractivity contribution in [3.8, 4) is 11.3 Å². The Balaban J connectivity index is 1.46. The van der Waals surface area contributed by atoms with Crippen LogP contribution in [0.2, 0.25) is 20.1 Å². The minimum Gasteiger partial charge on any atom is -0.451 e. The number of carbonyl (C=O) groups excluding carboxylic acids is 1. The maximum Gasteiger partial charge on any atom is 0.293 e. The van der Waals surface area contributed by atoms with Gasteiger partial charge in [0.1, 0.15) is 5.76 Å². The number of anilines is 1. The quantitative estimate of drug-likeness (QED) is 0.305. The predicted molar refractivity (Wildman–Crippen MR) is 123 cm³/mol. The molecule has 0 saturated carbocycles. The summed E-state index contributed by atoms with van der Waals surface area (Å²) in [6, 6.07) is 13.8. The maximum absolute atomic E-state index is 12.5. The van der Waals surface area contributed by atoms with Crippen LogP contribution in [-0.2, 0) is 6.42 Å². The number of nitrogens with one attached hydrogen (secondary N) is 1. The van der Waals surface area contributed by atoms with E-state index in [2.05, 4.69) is 10.3 Å². The molecule has 0 atom stereocenters. The van der Waals surface area contributed by atoms with Gasteiger partial charge in [0.15, 0.2) is 10.9 Å². The molecule has 1 N–H and O–H groups in total. The molecular formula is C21H12Cl4N2O2S. The first-order valence-electron chi connectivity index (χ1n) is 8.65. The van der Waals surface area contributed by atoms with E-state index in [9.17, 15) is 4.79 Å². The van der Waals surface area contributed by atoms with Crippen LogP contribution in [0.1, 0.15) is 21.0 Å². The van der Waals surface area contributed by atoms with Crippen molar-refractivity contribution in [1.82, 2.24) is 4.98 Å². The standard InChI is InChI=1S/C21H12Cl4N2O2S/c22-14-2-1-3-15(23)13(14)9-12-10-26-21(30-12)27-20(28)19-7-6-18(29-19)11-4-5-16(24)17(25)8-11/h1-8,10H,9H2,(H,26,27,28). The van der Waals surface area contributed by atoms with Crippen LogP contribution in [-0.4, -0.2) is 10.9 Å². The second kappa shape index (κ2) is 9.00. The molecule has 0 aliphatic rings. The van der Waals surface area contributed by atoms with E-state index in [-0.39, 0.29) is 5.76 Å². The molecule has 9 heteroatoms. The highest BCUT2D eigenvalue weighted by Gasteiger charge is 2.16. The third-order valence-corrected chi connectivity index (χ3v) is 6.58. The highest BCUT2D eigenvalue weighted by molar-refractivity contribution is 7.15. The van der Waals surface area contributed by atoms with Crippen molar-refractivity contribution in [1.29, 1.82) is 0 Å². The van der Waals surface area contributed by atoms with Gasteiger partial charge in [-0.2, -0.15) is 0 Å². The van der Waals surface area contributed by atoms with E-state index in [0.717, 1.165) is 16.0 Å². The molecule has 1 amide bonds. The Bertz CT molecular complexity index is 1220. The number of rotatable bonds is 5. The second-order valence-electron chi connectivity index (χ2n) is 6.26. The van der Waals surface area contributed by atoms with Crippen molar-refractivity contribution in [2.45, 2.75) is 6.42 Å². The van der Waals surface area contributed by atoms with Crippen LogP contribution in [0.15, 0.2) is 59.1 Å². The monoisotopic (exact) mass is 496 g/mol. The summed E-state index contributed by atoms with van der Waals surface area (Å²) in [5.41, 5.74) is 1.54. The number of benzene rings is 2. The van der Waals surface area contributed by atoms with Crippen molar-refractivity contribution in [2.75, 3.05) is 5.32 Å². The molecule has 0 aliphatic carbocycles. The van der Waals surface area contributed by atoms with Crippen molar-refractivity contribution in [2.24, 2.45) is 0 Å². The van der Waals surface area contributed by atoms with Gasteiger partial charge in [-0.3, -0.25) is 10.1 Å². The highest BCUT2D eigenvalue weighted by atomic mass is 35.5. The molecule has 0 bridgehead atoms. The molecule has 0 unspecified atom stereocenters. The lowest BCUT2D eigenvalue weighted by atomic mass is 10.1.